The van der Waals surface area contributed by atoms with Gasteiger partial charge in [-0.15, -0.1) is 0 Å². The lowest BCUT2D eigenvalue weighted by Crippen LogP contribution is -2.29. The van der Waals surface area contributed by atoms with E-state index >= 15 is 0 Å². The largest absolute Gasteiger partial charge is 0.419 e. The van der Waals surface area contributed by atoms with Crippen LogP contribution in [0.3, 0.4) is 0 Å². The standard InChI is InChI=1S/C14H18N2O2/c1-15-13(9-4-3-5-9)10-6-7-11-12(8-10)18-14(17)16(11)2/h6-9,13,15H,3-5H2,1-2H3. The van der Waals surface area contributed by atoms with Crippen LogP contribution >= 0.6 is 0 Å². The summed E-state index contributed by atoms with van der Waals surface area (Å²) in [5.74, 6) is 0.412. The van der Waals surface area contributed by atoms with Gasteiger partial charge in [0, 0.05) is 13.1 Å². The number of aromatic nitrogens is 1. The molecule has 1 fully saturated rings. The normalized spacial score (nSPS) is 17.9. The highest BCUT2D eigenvalue weighted by atomic mass is 16.4. The molecule has 0 spiro atoms. The summed E-state index contributed by atoms with van der Waals surface area (Å²) in [5.41, 5.74) is 2.75. The molecule has 1 aliphatic rings. The minimum absolute atomic E-state index is 0.299. The van der Waals surface area contributed by atoms with E-state index in [0.717, 1.165) is 5.52 Å². The molecule has 0 saturated heterocycles. The van der Waals surface area contributed by atoms with Gasteiger partial charge in [-0.25, -0.2) is 4.79 Å². The lowest BCUT2D eigenvalue weighted by molar-refractivity contribution is 0.239. The molecular weight excluding hydrogens is 228 g/mol. The zero-order chi connectivity index (χ0) is 12.7. The van der Waals surface area contributed by atoms with Gasteiger partial charge in [-0.1, -0.05) is 12.5 Å². The minimum atomic E-state index is -0.299. The fourth-order valence-corrected chi connectivity index (χ4v) is 2.79. The van der Waals surface area contributed by atoms with E-state index in [1.165, 1.54) is 29.4 Å². The van der Waals surface area contributed by atoms with Gasteiger partial charge in [-0.05, 0) is 43.5 Å². The van der Waals surface area contributed by atoms with Crippen molar-refractivity contribution in [2.24, 2.45) is 13.0 Å². The van der Waals surface area contributed by atoms with Crippen molar-refractivity contribution >= 4 is 11.1 Å². The van der Waals surface area contributed by atoms with Gasteiger partial charge in [0.15, 0.2) is 5.58 Å². The first-order valence-electron chi connectivity index (χ1n) is 6.47. The summed E-state index contributed by atoms with van der Waals surface area (Å²) in [4.78, 5) is 11.5. The summed E-state index contributed by atoms with van der Waals surface area (Å²) in [6.45, 7) is 0. The van der Waals surface area contributed by atoms with E-state index < -0.39 is 0 Å². The van der Waals surface area contributed by atoms with Crippen molar-refractivity contribution in [3.63, 3.8) is 0 Å². The highest BCUT2D eigenvalue weighted by Crippen LogP contribution is 2.38. The van der Waals surface area contributed by atoms with E-state index in [9.17, 15) is 4.79 Å². The Morgan fingerprint density at radius 3 is 2.83 bits per heavy atom. The number of nitrogens with one attached hydrogen (secondary N) is 1. The average molecular weight is 246 g/mol. The van der Waals surface area contributed by atoms with E-state index in [0.29, 0.717) is 17.5 Å². The Hall–Kier alpha value is -1.55. The van der Waals surface area contributed by atoms with Gasteiger partial charge in [0.05, 0.1) is 5.52 Å². The molecule has 1 atom stereocenters. The Bertz CT molecular complexity index is 622. The molecule has 3 rings (SSSR count). The van der Waals surface area contributed by atoms with E-state index in [4.69, 9.17) is 4.42 Å². The average Bonchev–Trinajstić information content (AvgIpc) is 2.59. The highest BCUT2D eigenvalue weighted by molar-refractivity contribution is 5.73. The van der Waals surface area contributed by atoms with E-state index in [1.807, 2.05) is 19.2 Å². The molecule has 1 aliphatic carbocycles. The number of oxazole rings is 1. The molecular formula is C14H18N2O2. The molecule has 4 nitrogen and oxygen atoms in total. The van der Waals surface area contributed by atoms with Crippen molar-refractivity contribution < 1.29 is 4.42 Å². The molecule has 0 radical (unpaired) electrons. The van der Waals surface area contributed by atoms with Crippen LogP contribution in [0.15, 0.2) is 27.4 Å². The monoisotopic (exact) mass is 246 g/mol. The molecule has 1 aromatic carbocycles. The van der Waals surface area contributed by atoms with E-state index in [-0.39, 0.29) is 5.76 Å². The Morgan fingerprint density at radius 1 is 1.44 bits per heavy atom. The zero-order valence-corrected chi connectivity index (χ0v) is 10.8. The molecule has 0 amide bonds. The first-order valence-corrected chi connectivity index (χ1v) is 6.47. The van der Waals surface area contributed by atoms with Crippen LogP contribution in [0.25, 0.3) is 11.1 Å². The maximum absolute atomic E-state index is 11.5. The lowest BCUT2D eigenvalue weighted by Gasteiger charge is -2.33. The Labute approximate surface area is 106 Å². The third-order valence-corrected chi connectivity index (χ3v) is 4.11. The van der Waals surface area contributed by atoms with Crippen molar-refractivity contribution in [3.05, 3.63) is 34.3 Å². The van der Waals surface area contributed by atoms with Gasteiger partial charge in [0.25, 0.3) is 0 Å². The van der Waals surface area contributed by atoms with Crippen molar-refractivity contribution in [2.75, 3.05) is 7.05 Å². The van der Waals surface area contributed by atoms with E-state index in [2.05, 4.69) is 11.4 Å². The van der Waals surface area contributed by atoms with Crippen LogP contribution in [0.4, 0.5) is 0 Å². The van der Waals surface area contributed by atoms with Crippen LogP contribution in [0.1, 0.15) is 30.9 Å². The van der Waals surface area contributed by atoms with E-state index in [1.54, 1.807) is 7.05 Å². The van der Waals surface area contributed by atoms with Crippen LogP contribution in [0, 0.1) is 5.92 Å². The first kappa shape index (κ1) is 11.5. The third-order valence-electron chi connectivity index (χ3n) is 4.11. The molecule has 18 heavy (non-hydrogen) atoms. The topological polar surface area (TPSA) is 47.2 Å². The molecule has 2 aromatic rings. The second kappa shape index (κ2) is 4.28. The van der Waals surface area contributed by atoms with Crippen LogP contribution in [-0.2, 0) is 7.05 Å². The Kier molecular flexibility index (Phi) is 2.74. The van der Waals surface area contributed by atoms with Gasteiger partial charge in [-0.2, -0.15) is 0 Å². The molecule has 1 saturated carbocycles. The fourth-order valence-electron chi connectivity index (χ4n) is 2.79. The van der Waals surface area contributed by atoms with Gasteiger partial charge in [0.1, 0.15) is 0 Å². The molecule has 96 valence electrons. The number of nitrogens with zero attached hydrogens (tertiary/aromatic N) is 1. The van der Waals surface area contributed by atoms with Gasteiger partial charge >= 0.3 is 5.76 Å². The number of hydrogen-bond donors (Lipinski definition) is 1. The summed E-state index contributed by atoms with van der Waals surface area (Å²) < 4.78 is 6.78. The summed E-state index contributed by atoms with van der Waals surface area (Å²) >= 11 is 0. The number of benzene rings is 1. The Balaban J connectivity index is 2.04. The predicted molar refractivity (Wildman–Crippen MR) is 70.6 cm³/mol. The first-order chi connectivity index (χ1) is 8.70. The number of rotatable bonds is 3. The second-order valence-corrected chi connectivity index (χ2v) is 5.11. The molecule has 1 unspecified atom stereocenters. The molecule has 1 heterocycles. The minimum Gasteiger partial charge on any atom is -0.408 e. The molecule has 0 bridgehead atoms. The number of aryl methyl sites for hydroxylation is 1. The Morgan fingerprint density at radius 2 is 2.22 bits per heavy atom. The second-order valence-electron chi connectivity index (χ2n) is 5.11. The van der Waals surface area contributed by atoms with Gasteiger partial charge in [0.2, 0.25) is 0 Å². The van der Waals surface area contributed by atoms with Crippen LogP contribution in [0.2, 0.25) is 0 Å². The van der Waals surface area contributed by atoms with Crippen molar-refractivity contribution in [2.45, 2.75) is 25.3 Å². The third kappa shape index (κ3) is 1.68. The quantitative estimate of drug-likeness (QED) is 0.903. The van der Waals surface area contributed by atoms with Crippen molar-refractivity contribution in [3.8, 4) is 0 Å². The molecule has 1 aromatic heterocycles. The maximum atomic E-state index is 11.5. The number of hydrogen-bond acceptors (Lipinski definition) is 3. The molecule has 1 N–H and O–H groups in total. The van der Waals surface area contributed by atoms with Gasteiger partial charge in [-0.3, -0.25) is 4.57 Å². The summed E-state index contributed by atoms with van der Waals surface area (Å²) in [5, 5.41) is 3.38. The summed E-state index contributed by atoms with van der Waals surface area (Å²) in [6, 6.07) is 6.43. The van der Waals surface area contributed by atoms with Gasteiger partial charge < -0.3 is 9.73 Å². The van der Waals surface area contributed by atoms with Crippen LogP contribution in [-0.4, -0.2) is 11.6 Å². The predicted octanol–water partition coefficient (Wildman–Crippen LogP) is 2.19. The maximum Gasteiger partial charge on any atom is 0.419 e. The summed E-state index contributed by atoms with van der Waals surface area (Å²) in [6.07, 6.45) is 3.88. The zero-order valence-electron chi connectivity index (χ0n) is 10.8. The smallest absolute Gasteiger partial charge is 0.408 e. The molecule has 4 heteroatoms. The number of fused-ring (bicyclic) bond motifs is 1. The van der Waals surface area contributed by atoms with Crippen LogP contribution < -0.4 is 11.1 Å². The highest BCUT2D eigenvalue weighted by Gasteiger charge is 2.27. The van der Waals surface area contributed by atoms with Crippen molar-refractivity contribution in [1.82, 2.24) is 9.88 Å². The van der Waals surface area contributed by atoms with Crippen molar-refractivity contribution in [1.29, 1.82) is 0 Å². The lowest BCUT2D eigenvalue weighted by atomic mass is 9.77. The SMILES string of the molecule is CNC(c1ccc2c(c1)oc(=O)n2C)C1CCC1. The fraction of sp³-hybridized carbons (Fsp3) is 0.500. The summed E-state index contributed by atoms with van der Waals surface area (Å²) in [7, 11) is 3.73. The molecule has 0 aliphatic heterocycles. The van der Waals surface area contributed by atoms with Crippen LogP contribution in [0.5, 0.6) is 0 Å².